The maximum Gasteiger partial charge on any atom is 0.0719 e. The molecule has 0 radical (unpaired) electrons. The summed E-state index contributed by atoms with van der Waals surface area (Å²) in [6.07, 6.45) is 2.94. The maximum atomic E-state index is 5.44. The molecule has 0 spiro atoms. The zero-order valence-electron chi connectivity index (χ0n) is 10.0. The van der Waals surface area contributed by atoms with Crippen molar-refractivity contribution in [3.8, 4) is 0 Å². The largest absolute Gasteiger partial charge is 0.377 e. The monoisotopic (exact) mass is 219 g/mol. The molecule has 0 aliphatic heterocycles. The molecule has 1 rings (SSSR count). The van der Waals surface area contributed by atoms with Gasteiger partial charge in [0.1, 0.15) is 0 Å². The van der Waals surface area contributed by atoms with Crippen molar-refractivity contribution in [1.29, 1.82) is 0 Å². The Balaban J connectivity index is 2.46. The highest BCUT2D eigenvalue weighted by Gasteiger charge is 2.00. The zero-order chi connectivity index (χ0) is 11.6. The van der Waals surface area contributed by atoms with E-state index in [1.807, 2.05) is 13.0 Å². The lowest BCUT2D eigenvalue weighted by Crippen LogP contribution is -2.15. The lowest BCUT2D eigenvalue weighted by atomic mass is 10.1. The molecular formula is C14H21NO. The topological polar surface area (TPSA) is 21.3 Å². The van der Waals surface area contributed by atoms with E-state index < -0.39 is 0 Å². The molecule has 0 atom stereocenters. The molecule has 0 aliphatic rings. The highest BCUT2D eigenvalue weighted by molar-refractivity contribution is 5.26. The quantitative estimate of drug-likeness (QED) is 0.536. The van der Waals surface area contributed by atoms with Crippen LogP contribution in [0.15, 0.2) is 36.9 Å². The third kappa shape index (κ3) is 4.60. The molecule has 2 nitrogen and oxygen atoms in total. The molecule has 1 N–H and O–H groups in total. The van der Waals surface area contributed by atoms with Gasteiger partial charge in [0.15, 0.2) is 0 Å². The van der Waals surface area contributed by atoms with Crippen LogP contribution in [0.4, 0.5) is 0 Å². The molecule has 1 aromatic rings. The first kappa shape index (κ1) is 12.9. The molecule has 0 heterocycles. The smallest absolute Gasteiger partial charge is 0.0719 e. The van der Waals surface area contributed by atoms with Gasteiger partial charge in [-0.2, -0.15) is 0 Å². The van der Waals surface area contributed by atoms with Crippen molar-refractivity contribution in [2.24, 2.45) is 0 Å². The standard InChI is InChI=1S/C14H21NO/c1-3-5-10-15-11-13-8-6-7-9-14(13)12-16-4-2/h3,6-9,15H,1,4-5,10-12H2,2H3. The van der Waals surface area contributed by atoms with Crippen molar-refractivity contribution in [3.63, 3.8) is 0 Å². The van der Waals surface area contributed by atoms with Gasteiger partial charge in [0.25, 0.3) is 0 Å². The van der Waals surface area contributed by atoms with Crippen LogP contribution in [-0.4, -0.2) is 13.2 Å². The first-order chi connectivity index (χ1) is 7.88. The third-order valence-electron chi connectivity index (χ3n) is 2.42. The highest BCUT2D eigenvalue weighted by atomic mass is 16.5. The average Bonchev–Trinajstić information content (AvgIpc) is 2.33. The molecule has 1 aromatic carbocycles. The van der Waals surface area contributed by atoms with E-state index in [0.29, 0.717) is 6.61 Å². The molecule has 0 bridgehead atoms. The molecule has 16 heavy (non-hydrogen) atoms. The maximum absolute atomic E-state index is 5.44. The number of hydrogen-bond acceptors (Lipinski definition) is 2. The van der Waals surface area contributed by atoms with E-state index in [1.165, 1.54) is 11.1 Å². The third-order valence-corrected chi connectivity index (χ3v) is 2.42. The molecule has 2 heteroatoms. The molecule has 0 saturated heterocycles. The summed E-state index contributed by atoms with van der Waals surface area (Å²) < 4.78 is 5.44. The Kier molecular flexibility index (Phi) is 6.54. The fraction of sp³-hybridized carbons (Fsp3) is 0.429. The number of hydrogen-bond donors (Lipinski definition) is 1. The van der Waals surface area contributed by atoms with E-state index in [2.05, 4.69) is 36.2 Å². The van der Waals surface area contributed by atoms with Gasteiger partial charge in [-0.3, -0.25) is 0 Å². The first-order valence-electron chi connectivity index (χ1n) is 5.84. The molecule has 0 aromatic heterocycles. The molecular weight excluding hydrogens is 198 g/mol. The van der Waals surface area contributed by atoms with E-state index in [0.717, 1.165) is 26.1 Å². The van der Waals surface area contributed by atoms with Gasteiger partial charge in [-0.15, -0.1) is 6.58 Å². The van der Waals surface area contributed by atoms with Gasteiger partial charge in [-0.1, -0.05) is 30.3 Å². The van der Waals surface area contributed by atoms with Crippen molar-refractivity contribution >= 4 is 0 Å². The number of benzene rings is 1. The molecule has 0 unspecified atom stereocenters. The van der Waals surface area contributed by atoms with Gasteiger partial charge in [0.05, 0.1) is 6.61 Å². The van der Waals surface area contributed by atoms with Crippen LogP contribution in [-0.2, 0) is 17.9 Å². The summed E-state index contributed by atoms with van der Waals surface area (Å²) in [5.74, 6) is 0. The SMILES string of the molecule is C=CCCNCc1ccccc1COCC. The van der Waals surface area contributed by atoms with Crippen molar-refractivity contribution in [2.75, 3.05) is 13.2 Å². The Morgan fingerprint density at radius 3 is 2.75 bits per heavy atom. The minimum absolute atomic E-state index is 0.704. The Bertz CT molecular complexity index is 309. The van der Waals surface area contributed by atoms with Crippen LogP contribution in [0.2, 0.25) is 0 Å². The summed E-state index contributed by atoms with van der Waals surface area (Å²) >= 11 is 0. The second-order valence-corrected chi connectivity index (χ2v) is 3.66. The van der Waals surface area contributed by atoms with Crippen molar-refractivity contribution in [3.05, 3.63) is 48.0 Å². The fourth-order valence-electron chi connectivity index (χ4n) is 1.51. The van der Waals surface area contributed by atoms with Crippen LogP contribution in [0.1, 0.15) is 24.5 Å². The van der Waals surface area contributed by atoms with Crippen LogP contribution < -0.4 is 5.32 Å². The van der Waals surface area contributed by atoms with Crippen molar-refractivity contribution < 1.29 is 4.74 Å². The van der Waals surface area contributed by atoms with Crippen LogP contribution in [0.3, 0.4) is 0 Å². The summed E-state index contributed by atoms with van der Waals surface area (Å²) in [6, 6.07) is 8.40. The van der Waals surface area contributed by atoms with Gasteiger partial charge in [-0.25, -0.2) is 0 Å². The number of ether oxygens (including phenoxy) is 1. The summed E-state index contributed by atoms with van der Waals surface area (Å²) in [5, 5.41) is 3.39. The second-order valence-electron chi connectivity index (χ2n) is 3.66. The predicted octanol–water partition coefficient (Wildman–Crippen LogP) is 2.89. The van der Waals surface area contributed by atoms with Gasteiger partial charge in [-0.05, 0) is 31.0 Å². The van der Waals surface area contributed by atoms with E-state index in [1.54, 1.807) is 0 Å². The van der Waals surface area contributed by atoms with Crippen LogP contribution in [0, 0.1) is 0 Å². The summed E-state index contributed by atoms with van der Waals surface area (Å²) in [5.41, 5.74) is 2.59. The highest BCUT2D eigenvalue weighted by Crippen LogP contribution is 2.09. The Morgan fingerprint density at radius 2 is 2.06 bits per heavy atom. The summed E-state index contributed by atoms with van der Waals surface area (Å²) in [4.78, 5) is 0. The summed E-state index contributed by atoms with van der Waals surface area (Å²) in [7, 11) is 0. The van der Waals surface area contributed by atoms with Gasteiger partial charge in [0, 0.05) is 13.2 Å². The van der Waals surface area contributed by atoms with E-state index in [-0.39, 0.29) is 0 Å². The normalized spacial score (nSPS) is 10.3. The zero-order valence-corrected chi connectivity index (χ0v) is 10.0. The first-order valence-corrected chi connectivity index (χ1v) is 5.84. The van der Waals surface area contributed by atoms with Crippen LogP contribution in [0.5, 0.6) is 0 Å². The predicted molar refractivity (Wildman–Crippen MR) is 68.3 cm³/mol. The van der Waals surface area contributed by atoms with E-state index in [9.17, 15) is 0 Å². The lowest BCUT2D eigenvalue weighted by molar-refractivity contribution is 0.133. The fourth-order valence-corrected chi connectivity index (χ4v) is 1.51. The number of rotatable bonds is 8. The van der Waals surface area contributed by atoms with Crippen LogP contribution >= 0.6 is 0 Å². The summed E-state index contributed by atoms with van der Waals surface area (Å²) in [6.45, 7) is 9.07. The van der Waals surface area contributed by atoms with Crippen molar-refractivity contribution in [2.45, 2.75) is 26.5 Å². The molecule has 0 saturated carbocycles. The Morgan fingerprint density at radius 1 is 1.31 bits per heavy atom. The van der Waals surface area contributed by atoms with Crippen molar-refractivity contribution in [1.82, 2.24) is 5.32 Å². The molecule has 0 amide bonds. The van der Waals surface area contributed by atoms with E-state index >= 15 is 0 Å². The number of nitrogens with one attached hydrogen (secondary N) is 1. The van der Waals surface area contributed by atoms with E-state index in [4.69, 9.17) is 4.74 Å². The second kappa shape index (κ2) is 8.08. The Labute approximate surface area is 98.3 Å². The average molecular weight is 219 g/mol. The molecule has 0 aliphatic carbocycles. The van der Waals surface area contributed by atoms with Gasteiger partial charge in [0.2, 0.25) is 0 Å². The minimum atomic E-state index is 0.704. The van der Waals surface area contributed by atoms with Crippen LogP contribution in [0.25, 0.3) is 0 Å². The Hall–Kier alpha value is -1.12. The molecule has 88 valence electrons. The lowest BCUT2D eigenvalue weighted by Gasteiger charge is -2.10. The van der Waals surface area contributed by atoms with Gasteiger partial charge < -0.3 is 10.1 Å². The molecule has 0 fully saturated rings. The minimum Gasteiger partial charge on any atom is -0.377 e. The van der Waals surface area contributed by atoms with Gasteiger partial charge >= 0.3 is 0 Å².